The first-order chi connectivity index (χ1) is 13.4. The van der Waals surface area contributed by atoms with Crippen molar-refractivity contribution >= 4 is 19.0 Å². The summed E-state index contributed by atoms with van der Waals surface area (Å²) in [6.07, 6.45) is 0. The molecule has 3 rings (SSSR count). The molecule has 3 aromatic rings. The van der Waals surface area contributed by atoms with Crippen LogP contribution in [-0.2, 0) is 6.61 Å². The van der Waals surface area contributed by atoms with Crippen LogP contribution in [-0.4, -0.2) is 5.48 Å². The highest BCUT2D eigenvalue weighted by molar-refractivity contribution is 7.49. The van der Waals surface area contributed by atoms with Crippen molar-refractivity contribution < 1.29 is 9.84 Å². The minimum absolute atomic E-state index is 0.152. The fraction of sp³-hybridized carbons (Fsp3) is 0.240. The summed E-state index contributed by atoms with van der Waals surface area (Å²) in [6, 6.07) is 18.2. The Kier molecular flexibility index (Phi) is 6.34. The lowest BCUT2D eigenvalue weighted by molar-refractivity contribution is -0.207. The Morgan fingerprint density at radius 2 is 1.54 bits per heavy atom. The Bertz CT molecular complexity index is 1020. The Labute approximate surface area is 169 Å². The van der Waals surface area contributed by atoms with Gasteiger partial charge in [0, 0.05) is 5.30 Å². The Morgan fingerprint density at radius 3 is 2.21 bits per heavy atom. The highest BCUT2D eigenvalue weighted by Crippen LogP contribution is 2.24. The molecule has 0 spiro atoms. The average Bonchev–Trinajstić information content (AvgIpc) is 2.67. The first-order valence-corrected chi connectivity index (χ1v) is 10.4. The van der Waals surface area contributed by atoms with Gasteiger partial charge >= 0.3 is 0 Å². The summed E-state index contributed by atoms with van der Waals surface area (Å²) in [7, 11) is 0.706. The topological polar surface area (TPSA) is 32.3 Å². The van der Waals surface area contributed by atoms with Gasteiger partial charge in [-0.3, -0.25) is 0 Å². The Morgan fingerprint density at radius 1 is 0.821 bits per heavy atom. The van der Waals surface area contributed by atoms with Gasteiger partial charge in [-0.25, -0.2) is 0 Å². The molecule has 3 aromatic carbocycles. The summed E-state index contributed by atoms with van der Waals surface area (Å²) in [5.41, 5.74) is 7.80. The molecule has 0 unspecified atom stereocenters. The third kappa shape index (κ3) is 4.52. The molecule has 3 heteroatoms. The van der Waals surface area contributed by atoms with Gasteiger partial charge in [0.2, 0.25) is 0 Å². The maximum atomic E-state index is 13.0. The van der Waals surface area contributed by atoms with Crippen molar-refractivity contribution in [2.45, 2.75) is 41.2 Å². The van der Waals surface area contributed by atoms with E-state index in [0.29, 0.717) is 14.8 Å². The molecule has 0 saturated carbocycles. The summed E-state index contributed by atoms with van der Waals surface area (Å²) in [4.78, 5) is 0. The number of hydrogen-bond donors (Lipinski definition) is 0. The van der Waals surface area contributed by atoms with Gasteiger partial charge in [-0.1, -0.05) is 44.6 Å². The molecule has 0 heterocycles. The highest BCUT2D eigenvalue weighted by atomic mass is 31.1. The molecule has 0 fully saturated rings. The fourth-order valence-corrected chi connectivity index (χ4v) is 4.43. The molecule has 0 aromatic heterocycles. The van der Waals surface area contributed by atoms with E-state index in [2.05, 4.69) is 19.9 Å². The molecule has 0 aliphatic heterocycles. The van der Waals surface area contributed by atoms with Crippen LogP contribution in [0.5, 0.6) is 5.75 Å². The Hall–Kier alpha value is -2.41. The second-order valence-electron chi connectivity index (χ2n) is 7.27. The predicted molar refractivity (Wildman–Crippen MR) is 118 cm³/mol. The molecule has 0 N–H and O–H groups in total. The molecule has 0 bridgehead atoms. The molecule has 0 aliphatic carbocycles. The van der Waals surface area contributed by atoms with E-state index in [1.54, 1.807) is 0 Å². The quantitative estimate of drug-likeness (QED) is 0.581. The number of rotatable bonds is 5. The molecule has 28 heavy (non-hydrogen) atoms. The fourth-order valence-electron chi connectivity index (χ4n) is 3.36. The zero-order valence-electron chi connectivity index (χ0n) is 17.2. The van der Waals surface area contributed by atoms with Gasteiger partial charge in [-0.15, -0.1) is 5.48 Å². The van der Waals surface area contributed by atoms with Gasteiger partial charge in [0.15, 0.2) is 0 Å². The number of aryl methyl sites for hydroxylation is 3. The molecule has 0 atom stereocenters. The van der Waals surface area contributed by atoms with E-state index < -0.39 is 0 Å². The summed E-state index contributed by atoms with van der Waals surface area (Å²) >= 11 is 0. The maximum absolute atomic E-state index is 13.0. The summed E-state index contributed by atoms with van der Waals surface area (Å²) in [5.74, 6) is 0.825. The summed E-state index contributed by atoms with van der Waals surface area (Å²) < 4.78 is 5.90. The van der Waals surface area contributed by atoms with Gasteiger partial charge in [0.25, 0.3) is 0 Å². The van der Waals surface area contributed by atoms with Crippen molar-refractivity contribution in [3.05, 3.63) is 93.5 Å². The summed E-state index contributed by atoms with van der Waals surface area (Å²) in [6.45, 7) is 10.8. The smallest absolute Gasteiger partial charge is 0.120 e. The molecular weight excluding hydrogens is 363 g/mol. The van der Waals surface area contributed by atoms with Crippen LogP contribution < -0.4 is 15.1 Å². The molecule has 0 aliphatic rings. The lowest BCUT2D eigenvalue weighted by Crippen LogP contribution is -2.21. The Balaban J connectivity index is 1.84. The summed E-state index contributed by atoms with van der Waals surface area (Å²) in [5, 5.41) is 14.0. The van der Waals surface area contributed by atoms with Crippen LogP contribution >= 0.6 is 8.20 Å². The van der Waals surface area contributed by atoms with Crippen molar-refractivity contribution in [1.29, 1.82) is 0 Å². The monoisotopic (exact) mass is 389 g/mol. The number of hydrogen-bond acceptors (Lipinski definition) is 2. The van der Waals surface area contributed by atoms with E-state index in [0.717, 1.165) is 38.9 Å². The van der Waals surface area contributed by atoms with E-state index in [-0.39, 0.29) is 5.48 Å². The van der Waals surface area contributed by atoms with E-state index in [9.17, 15) is 5.11 Å². The molecule has 0 saturated heterocycles. The number of ether oxygens (including phenoxy) is 1. The first-order valence-electron chi connectivity index (χ1n) is 9.47. The van der Waals surface area contributed by atoms with Crippen LogP contribution in [0.2, 0.25) is 0 Å². The average molecular weight is 389 g/mol. The molecule has 0 radical (unpaired) electrons. The van der Waals surface area contributed by atoms with Crippen LogP contribution in [0.25, 0.3) is 0 Å². The molecular formula is C25H26O2P-. The van der Waals surface area contributed by atoms with E-state index in [1.165, 1.54) is 11.1 Å². The van der Waals surface area contributed by atoms with Gasteiger partial charge < -0.3 is 9.84 Å². The van der Waals surface area contributed by atoms with Crippen molar-refractivity contribution in [3.63, 3.8) is 0 Å². The zero-order chi connectivity index (χ0) is 20.3. The number of benzene rings is 3. The molecule has 144 valence electrons. The second kappa shape index (κ2) is 8.73. The maximum Gasteiger partial charge on any atom is 0.120 e. The third-order valence-corrected chi connectivity index (χ3v) is 6.38. The minimum atomic E-state index is 0.152. The van der Waals surface area contributed by atoms with Crippen molar-refractivity contribution in [2.75, 3.05) is 0 Å². The predicted octanol–water partition coefficient (Wildman–Crippen LogP) is 4.92. The van der Waals surface area contributed by atoms with Crippen molar-refractivity contribution in [1.82, 2.24) is 0 Å². The van der Waals surface area contributed by atoms with E-state index in [4.69, 9.17) is 4.74 Å². The van der Waals surface area contributed by atoms with Gasteiger partial charge in [-0.05, 0) is 91.8 Å². The van der Waals surface area contributed by atoms with Crippen molar-refractivity contribution in [3.8, 4) is 5.75 Å². The van der Waals surface area contributed by atoms with Crippen LogP contribution in [0.15, 0.2) is 54.6 Å². The standard InChI is InChI=1S/C25H27O2P/c1-16-13-18(3)24(20(5)19(16)4)25(26)28-23-12-11-22(14-17(23)2)27-15-21-9-7-6-8-10-21/h6-14,26H,15H2,1-5H3/p-1. The lowest BCUT2D eigenvalue weighted by atomic mass is 9.95. The lowest BCUT2D eigenvalue weighted by Gasteiger charge is -2.21. The molecule has 0 amide bonds. The van der Waals surface area contributed by atoms with Gasteiger partial charge in [0.1, 0.15) is 12.4 Å². The SMILES string of the molecule is Cc1cc(OCc2ccccc2)ccc1P=C([O-])c1c(C)cc(C)c(C)c1C. The second-order valence-corrected chi connectivity index (χ2v) is 8.39. The minimum Gasteiger partial charge on any atom is -0.823 e. The zero-order valence-corrected chi connectivity index (χ0v) is 18.1. The van der Waals surface area contributed by atoms with Crippen molar-refractivity contribution in [2.24, 2.45) is 0 Å². The van der Waals surface area contributed by atoms with E-state index >= 15 is 0 Å². The largest absolute Gasteiger partial charge is 0.823 e. The normalized spacial score (nSPS) is 11.6. The van der Waals surface area contributed by atoms with Gasteiger partial charge in [-0.2, -0.15) is 0 Å². The highest BCUT2D eigenvalue weighted by Gasteiger charge is 2.08. The van der Waals surface area contributed by atoms with E-state index in [1.807, 2.05) is 69.3 Å². The van der Waals surface area contributed by atoms with Crippen LogP contribution in [0.3, 0.4) is 0 Å². The van der Waals surface area contributed by atoms with Crippen LogP contribution in [0, 0.1) is 34.6 Å². The third-order valence-electron chi connectivity index (χ3n) is 5.21. The van der Waals surface area contributed by atoms with Crippen LogP contribution in [0.4, 0.5) is 0 Å². The first kappa shape index (κ1) is 20.3. The molecule has 2 nitrogen and oxygen atoms in total. The van der Waals surface area contributed by atoms with Gasteiger partial charge in [0.05, 0.1) is 0 Å². The van der Waals surface area contributed by atoms with Crippen LogP contribution in [0.1, 0.15) is 38.9 Å².